The molecule has 0 aliphatic carbocycles. The minimum absolute atomic E-state index is 0.0951. The largest absolute Gasteiger partial charge is 0.478 e. The van der Waals surface area contributed by atoms with Crippen molar-refractivity contribution in [1.82, 2.24) is 4.98 Å². The van der Waals surface area contributed by atoms with Gasteiger partial charge in [0.15, 0.2) is 5.76 Å². The summed E-state index contributed by atoms with van der Waals surface area (Å²) in [4.78, 5) is 16.6. The van der Waals surface area contributed by atoms with E-state index in [-0.39, 0.29) is 22.6 Å². The van der Waals surface area contributed by atoms with Crippen molar-refractivity contribution >= 4 is 27.6 Å². The molecule has 0 saturated carbocycles. The summed E-state index contributed by atoms with van der Waals surface area (Å²) in [5.41, 5.74) is 1.02. The highest BCUT2D eigenvalue weighted by Gasteiger charge is 2.18. The number of pyridine rings is 1. The van der Waals surface area contributed by atoms with Gasteiger partial charge in [-0.3, -0.25) is 0 Å². The molecule has 0 saturated heterocycles. The van der Waals surface area contributed by atoms with Crippen LogP contribution in [0, 0.1) is 11.6 Å². The Labute approximate surface area is 169 Å². The standard InChI is InChI=1S/C24H13F2NO3/c25-14-6-7-16(18(26)11-14)21-9-10-22(30-21)20-12-17(24(28)29)23-15-4-2-1-3-13(15)5-8-19(23)27-20/h1-12H,(H,28,29). The molecule has 2 heterocycles. The molecule has 30 heavy (non-hydrogen) atoms. The number of benzene rings is 3. The number of halogens is 2. The van der Waals surface area contributed by atoms with E-state index < -0.39 is 17.6 Å². The second-order valence-corrected chi connectivity index (χ2v) is 6.83. The molecule has 2 aromatic heterocycles. The molecule has 0 bridgehead atoms. The van der Waals surface area contributed by atoms with E-state index in [0.717, 1.165) is 22.9 Å². The predicted octanol–water partition coefficient (Wildman–Crippen LogP) is 6.29. The Morgan fingerprint density at radius 1 is 0.900 bits per heavy atom. The third kappa shape index (κ3) is 2.90. The molecule has 1 N–H and O–H groups in total. The van der Waals surface area contributed by atoms with E-state index in [0.29, 0.717) is 16.6 Å². The fourth-order valence-electron chi connectivity index (χ4n) is 3.61. The lowest BCUT2D eigenvalue weighted by Crippen LogP contribution is -2.00. The summed E-state index contributed by atoms with van der Waals surface area (Å²) in [6, 6.07) is 18.9. The van der Waals surface area contributed by atoms with Gasteiger partial charge in [-0.15, -0.1) is 0 Å². The molecule has 0 spiro atoms. The average Bonchev–Trinajstić information content (AvgIpc) is 3.22. The van der Waals surface area contributed by atoms with E-state index >= 15 is 0 Å². The second kappa shape index (κ2) is 6.77. The summed E-state index contributed by atoms with van der Waals surface area (Å²) in [6.07, 6.45) is 0. The van der Waals surface area contributed by atoms with Gasteiger partial charge in [-0.25, -0.2) is 18.6 Å². The van der Waals surface area contributed by atoms with Crippen LogP contribution in [0.25, 0.3) is 44.5 Å². The maximum absolute atomic E-state index is 14.1. The first-order valence-corrected chi connectivity index (χ1v) is 9.13. The van der Waals surface area contributed by atoms with Gasteiger partial charge in [0.1, 0.15) is 23.1 Å². The lowest BCUT2D eigenvalue weighted by atomic mass is 10.00. The Morgan fingerprint density at radius 3 is 2.50 bits per heavy atom. The lowest BCUT2D eigenvalue weighted by Gasteiger charge is -2.09. The highest BCUT2D eigenvalue weighted by Crippen LogP contribution is 2.33. The third-order valence-corrected chi connectivity index (χ3v) is 4.98. The van der Waals surface area contributed by atoms with E-state index in [9.17, 15) is 18.7 Å². The van der Waals surface area contributed by atoms with Crippen molar-refractivity contribution in [2.24, 2.45) is 0 Å². The number of carboxylic acid groups (broad SMARTS) is 1. The molecule has 6 heteroatoms. The van der Waals surface area contributed by atoms with E-state index in [1.807, 2.05) is 30.3 Å². The lowest BCUT2D eigenvalue weighted by molar-refractivity contribution is 0.0699. The molecule has 0 amide bonds. The molecule has 0 atom stereocenters. The van der Waals surface area contributed by atoms with Gasteiger partial charge in [0.05, 0.1) is 16.6 Å². The van der Waals surface area contributed by atoms with Crippen LogP contribution in [-0.2, 0) is 0 Å². The summed E-state index contributed by atoms with van der Waals surface area (Å²) in [5, 5.41) is 12.1. The normalized spacial score (nSPS) is 11.3. The molecule has 146 valence electrons. The molecule has 3 aromatic carbocycles. The Hall–Kier alpha value is -4.06. The van der Waals surface area contributed by atoms with Crippen molar-refractivity contribution in [2.75, 3.05) is 0 Å². The number of aromatic carboxylic acids is 1. The molecule has 0 radical (unpaired) electrons. The van der Waals surface area contributed by atoms with Crippen LogP contribution in [0.2, 0.25) is 0 Å². The molecular formula is C24H13F2NO3. The topological polar surface area (TPSA) is 63.3 Å². The van der Waals surface area contributed by atoms with Gasteiger partial charge in [-0.1, -0.05) is 30.3 Å². The number of carboxylic acids is 1. The minimum atomic E-state index is -1.09. The van der Waals surface area contributed by atoms with Gasteiger partial charge in [0.25, 0.3) is 0 Å². The Kier molecular flexibility index (Phi) is 4.06. The smallest absolute Gasteiger partial charge is 0.336 e. The van der Waals surface area contributed by atoms with Gasteiger partial charge >= 0.3 is 5.97 Å². The number of nitrogens with zero attached hydrogens (tertiary/aromatic N) is 1. The van der Waals surface area contributed by atoms with Crippen molar-refractivity contribution in [1.29, 1.82) is 0 Å². The molecule has 4 nitrogen and oxygen atoms in total. The number of carbonyl (C=O) groups is 1. The fourth-order valence-corrected chi connectivity index (χ4v) is 3.61. The predicted molar refractivity (Wildman–Crippen MR) is 109 cm³/mol. The number of fused-ring (bicyclic) bond motifs is 3. The number of furan rings is 1. The van der Waals surface area contributed by atoms with Gasteiger partial charge in [-0.2, -0.15) is 0 Å². The van der Waals surface area contributed by atoms with Gasteiger partial charge < -0.3 is 9.52 Å². The van der Waals surface area contributed by atoms with Crippen molar-refractivity contribution < 1.29 is 23.1 Å². The quantitative estimate of drug-likeness (QED) is 0.361. The SMILES string of the molecule is O=C(O)c1cc(-c2ccc(-c3ccc(F)cc3F)o2)nc2ccc3ccccc3c12. The molecule has 5 rings (SSSR count). The first kappa shape index (κ1) is 18.0. The van der Waals surface area contributed by atoms with Crippen LogP contribution in [0.1, 0.15) is 10.4 Å². The van der Waals surface area contributed by atoms with E-state index in [1.54, 1.807) is 18.2 Å². The fraction of sp³-hybridized carbons (Fsp3) is 0. The summed E-state index contributed by atoms with van der Waals surface area (Å²) < 4.78 is 33.0. The van der Waals surface area contributed by atoms with Crippen molar-refractivity contribution in [2.45, 2.75) is 0 Å². The summed E-state index contributed by atoms with van der Waals surface area (Å²) in [7, 11) is 0. The zero-order valence-electron chi connectivity index (χ0n) is 15.4. The Bertz CT molecular complexity index is 1460. The average molecular weight is 401 g/mol. The summed E-state index contributed by atoms with van der Waals surface area (Å²) in [5.74, 6) is -2.04. The molecule has 0 unspecified atom stereocenters. The van der Waals surface area contributed by atoms with E-state index in [1.165, 1.54) is 12.1 Å². The first-order valence-electron chi connectivity index (χ1n) is 9.13. The van der Waals surface area contributed by atoms with Crippen LogP contribution in [0.4, 0.5) is 8.78 Å². The monoisotopic (exact) mass is 401 g/mol. The van der Waals surface area contributed by atoms with Crippen LogP contribution in [-0.4, -0.2) is 16.1 Å². The van der Waals surface area contributed by atoms with Gasteiger partial charge in [0.2, 0.25) is 0 Å². The molecular weight excluding hydrogens is 388 g/mol. The first-order chi connectivity index (χ1) is 14.5. The van der Waals surface area contributed by atoms with Crippen molar-refractivity contribution in [3.05, 3.63) is 90.0 Å². The molecule has 0 fully saturated rings. The summed E-state index contributed by atoms with van der Waals surface area (Å²) >= 11 is 0. The number of aromatic nitrogens is 1. The molecule has 5 aromatic rings. The number of hydrogen-bond acceptors (Lipinski definition) is 3. The van der Waals surface area contributed by atoms with Crippen LogP contribution in [0.15, 0.2) is 77.2 Å². The second-order valence-electron chi connectivity index (χ2n) is 6.83. The number of hydrogen-bond donors (Lipinski definition) is 1. The molecule has 0 aliphatic rings. The van der Waals surface area contributed by atoms with Crippen LogP contribution < -0.4 is 0 Å². The van der Waals surface area contributed by atoms with Gasteiger partial charge in [0, 0.05) is 11.5 Å². The van der Waals surface area contributed by atoms with E-state index in [4.69, 9.17) is 4.42 Å². The van der Waals surface area contributed by atoms with Crippen LogP contribution >= 0.6 is 0 Å². The molecule has 0 aliphatic heterocycles. The van der Waals surface area contributed by atoms with Gasteiger partial charge in [-0.05, 0) is 47.2 Å². The maximum atomic E-state index is 14.1. The maximum Gasteiger partial charge on any atom is 0.336 e. The summed E-state index contributed by atoms with van der Waals surface area (Å²) in [6.45, 7) is 0. The minimum Gasteiger partial charge on any atom is -0.478 e. The van der Waals surface area contributed by atoms with Crippen molar-refractivity contribution in [3.63, 3.8) is 0 Å². The third-order valence-electron chi connectivity index (χ3n) is 4.98. The highest BCUT2D eigenvalue weighted by molar-refractivity contribution is 6.15. The van der Waals surface area contributed by atoms with Crippen LogP contribution in [0.5, 0.6) is 0 Å². The Morgan fingerprint density at radius 2 is 1.70 bits per heavy atom. The zero-order chi connectivity index (χ0) is 20.8. The zero-order valence-corrected chi connectivity index (χ0v) is 15.4. The Balaban J connectivity index is 1.70. The van der Waals surface area contributed by atoms with E-state index in [2.05, 4.69) is 4.98 Å². The highest BCUT2D eigenvalue weighted by atomic mass is 19.1. The van der Waals surface area contributed by atoms with Crippen LogP contribution in [0.3, 0.4) is 0 Å². The number of rotatable bonds is 3. The van der Waals surface area contributed by atoms with Crippen molar-refractivity contribution in [3.8, 4) is 22.8 Å².